The molecule has 1 saturated carbocycles. The largest absolute Gasteiger partial charge is 0.504 e. The molecule has 0 aliphatic heterocycles. The van der Waals surface area contributed by atoms with Gasteiger partial charge in [-0.3, -0.25) is 4.79 Å². The molecule has 0 spiro atoms. The van der Waals surface area contributed by atoms with Crippen molar-refractivity contribution in [3.8, 4) is 11.5 Å². The molecule has 1 aliphatic carbocycles. The highest BCUT2D eigenvalue weighted by Gasteiger charge is 2.28. The number of aromatic hydroxyl groups is 1. The topological polar surface area (TPSA) is 87.5 Å². The first-order valence-electron chi connectivity index (χ1n) is 12.2. The van der Waals surface area contributed by atoms with E-state index in [0.29, 0.717) is 30.4 Å². The van der Waals surface area contributed by atoms with Crippen molar-refractivity contribution in [2.75, 3.05) is 0 Å². The molecule has 0 unspecified atom stereocenters. The third kappa shape index (κ3) is 6.41. The average molecular weight is 453 g/mol. The Balaban J connectivity index is 1.20. The predicted molar refractivity (Wildman–Crippen MR) is 129 cm³/mol. The van der Waals surface area contributed by atoms with Crippen LogP contribution in [0.25, 0.3) is 10.9 Å². The summed E-state index contributed by atoms with van der Waals surface area (Å²) in [5, 5.41) is 21.5. The SMILES string of the molecule is CC1(CCC[C@@H](O)CC(=O)CCc2ccc(O)c(OCn3cc4cc[nH]c4c3)c2)CCCC1. The lowest BCUT2D eigenvalue weighted by molar-refractivity contribution is -0.121. The molecule has 178 valence electrons. The van der Waals surface area contributed by atoms with Crippen molar-refractivity contribution in [3.63, 3.8) is 0 Å². The summed E-state index contributed by atoms with van der Waals surface area (Å²) in [5.74, 6) is 0.555. The minimum absolute atomic E-state index is 0.0764. The number of hydrogen-bond acceptors (Lipinski definition) is 4. The maximum atomic E-state index is 12.4. The molecule has 0 bridgehead atoms. The molecule has 0 amide bonds. The van der Waals surface area contributed by atoms with Crippen molar-refractivity contribution in [1.82, 2.24) is 9.55 Å². The molecular formula is C27H36N2O4. The van der Waals surface area contributed by atoms with E-state index in [-0.39, 0.29) is 24.7 Å². The van der Waals surface area contributed by atoms with Crippen molar-refractivity contribution in [2.45, 2.75) is 84.0 Å². The molecule has 6 nitrogen and oxygen atoms in total. The van der Waals surface area contributed by atoms with Crippen LogP contribution in [0.2, 0.25) is 0 Å². The lowest BCUT2D eigenvalue weighted by Crippen LogP contribution is -2.16. The van der Waals surface area contributed by atoms with Gasteiger partial charge >= 0.3 is 0 Å². The van der Waals surface area contributed by atoms with E-state index in [1.165, 1.54) is 25.7 Å². The number of phenols is 1. The first-order chi connectivity index (χ1) is 15.9. The maximum Gasteiger partial charge on any atom is 0.165 e. The van der Waals surface area contributed by atoms with Crippen LogP contribution in [-0.4, -0.2) is 31.7 Å². The van der Waals surface area contributed by atoms with Gasteiger partial charge in [-0.2, -0.15) is 0 Å². The van der Waals surface area contributed by atoms with Gasteiger partial charge in [0.1, 0.15) is 5.78 Å². The molecule has 2 aromatic heterocycles. The van der Waals surface area contributed by atoms with Gasteiger partial charge in [-0.25, -0.2) is 0 Å². The standard InChI is InChI=1S/C27H36N2O4/c1-27(11-2-3-12-27)13-4-5-22(30)16-23(31)8-6-20-7-9-25(32)26(15-20)33-19-29-17-21-10-14-28-24(21)18-29/h7,9-10,14-15,17-18,22,28,30,32H,2-6,8,11-13,16,19H2,1H3/t22-/m1/s1. The maximum absolute atomic E-state index is 12.4. The quantitative estimate of drug-likeness (QED) is 0.328. The summed E-state index contributed by atoms with van der Waals surface area (Å²) in [6.07, 6.45) is 14.5. The number of fused-ring (bicyclic) bond motifs is 1. The Bertz CT molecular complexity index is 1030. The Morgan fingerprint density at radius 2 is 2.06 bits per heavy atom. The van der Waals surface area contributed by atoms with Crippen LogP contribution in [0.4, 0.5) is 0 Å². The van der Waals surface area contributed by atoms with Crippen LogP contribution in [0.1, 0.15) is 70.3 Å². The zero-order valence-electron chi connectivity index (χ0n) is 19.6. The number of phenolic OH excluding ortho intramolecular Hbond substituents is 1. The van der Waals surface area contributed by atoms with Gasteiger partial charge in [0.05, 0.1) is 11.6 Å². The van der Waals surface area contributed by atoms with Crippen LogP contribution in [-0.2, 0) is 17.9 Å². The summed E-state index contributed by atoms with van der Waals surface area (Å²) in [6.45, 7) is 2.64. The number of aliphatic hydroxyl groups excluding tert-OH is 1. The number of aromatic amines is 1. The molecule has 33 heavy (non-hydrogen) atoms. The fourth-order valence-electron chi connectivity index (χ4n) is 5.04. The molecule has 1 fully saturated rings. The number of benzene rings is 1. The highest BCUT2D eigenvalue weighted by molar-refractivity contribution is 5.79. The van der Waals surface area contributed by atoms with E-state index in [9.17, 15) is 15.0 Å². The summed E-state index contributed by atoms with van der Waals surface area (Å²) < 4.78 is 7.71. The smallest absolute Gasteiger partial charge is 0.165 e. The van der Waals surface area contributed by atoms with Crippen LogP contribution < -0.4 is 4.74 Å². The van der Waals surface area contributed by atoms with Gasteiger partial charge in [-0.05, 0) is 61.3 Å². The average Bonchev–Trinajstić information content (AvgIpc) is 3.49. The Labute approximate surface area is 195 Å². The van der Waals surface area contributed by atoms with Gasteiger partial charge in [-0.1, -0.05) is 32.3 Å². The first kappa shape index (κ1) is 23.4. The van der Waals surface area contributed by atoms with Crippen molar-refractivity contribution in [1.29, 1.82) is 0 Å². The number of aliphatic hydroxyl groups is 1. The number of H-pyrrole nitrogens is 1. The summed E-state index contributed by atoms with van der Waals surface area (Å²) in [4.78, 5) is 15.5. The zero-order valence-corrected chi connectivity index (χ0v) is 19.6. The molecule has 0 saturated heterocycles. The van der Waals surface area contributed by atoms with Crippen LogP contribution in [0.15, 0.2) is 42.9 Å². The highest BCUT2D eigenvalue weighted by Crippen LogP contribution is 2.41. The number of hydrogen-bond donors (Lipinski definition) is 3. The number of aryl methyl sites for hydroxylation is 1. The second kappa shape index (κ2) is 10.5. The fraction of sp³-hybridized carbons (Fsp3) is 0.519. The van der Waals surface area contributed by atoms with Crippen molar-refractivity contribution < 1.29 is 19.7 Å². The Morgan fingerprint density at radius 3 is 2.85 bits per heavy atom. The van der Waals surface area contributed by atoms with E-state index in [0.717, 1.165) is 29.3 Å². The van der Waals surface area contributed by atoms with Gasteiger partial charge in [0, 0.05) is 36.8 Å². The molecular weight excluding hydrogens is 416 g/mol. The number of nitrogens with zero attached hydrogens (tertiary/aromatic N) is 1. The number of carbonyl (C=O) groups excluding carboxylic acids is 1. The van der Waals surface area contributed by atoms with Crippen LogP contribution in [0, 0.1) is 5.41 Å². The molecule has 1 atom stereocenters. The predicted octanol–water partition coefficient (Wildman–Crippen LogP) is 5.71. The van der Waals surface area contributed by atoms with Gasteiger partial charge in [0.2, 0.25) is 0 Å². The normalized spacial score (nSPS) is 16.3. The zero-order chi connectivity index (χ0) is 23.3. The minimum atomic E-state index is -0.547. The Hall–Kier alpha value is -2.73. The second-order valence-corrected chi connectivity index (χ2v) is 10.0. The van der Waals surface area contributed by atoms with Gasteiger partial charge in [0.25, 0.3) is 0 Å². The molecule has 1 aromatic carbocycles. The van der Waals surface area contributed by atoms with Gasteiger partial charge < -0.3 is 24.5 Å². The molecule has 3 N–H and O–H groups in total. The number of ketones is 1. The number of rotatable bonds is 12. The minimum Gasteiger partial charge on any atom is -0.504 e. The number of ether oxygens (including phenoxy) is 1. The molecule has 0 radical (unpaired) electrons. The number of Topliss-reactive ketones (excluding diaryl/α,β-unsaturated/α-hetero) is 1. The second-order valence-electron chi connectivity index (χ2n) is 10.0. The van der Waals surface area contributed by atoms with Crippen molar-refractivity contribution in [3.05, 3.63) is 48.4 Å². The van der Waals surface area contributed by atoms with E-state index in [2.05, 4.69) is 11.9 Å². The monoisotopic (exact) mass is 452 g/mol. The summed E-state index contributed by atoms with van der Waals surface area (Å²) in [5.41, 5.74) is 2.40. The third-order valence-electron chi connectivity index (χ3n) is 7.09. The third-order valence-corrected chi connectivity index (χ3v) is 7.09. The van der Waals surface area contributed by atoms with E-state index < -0.39 is 6.10 Å². The molecule has 2 heterocycles. The Morgan fingerprint density at radius 1 is 1.24 bits per heavy atom. The summed E-state index contributed by atoms with van der Waals surface area (Å²) in [7, 11) is 0. The van der Waals surface area contributed by atoms with Gasteiger partial charge in [-0.15, -0.1) is 0 Å². The molecule has 6 heteroatoms. The van der Waals surface area contributed by atoms with Crippen molar-refractivity contribution >= 4 is 16.7 Å². The van der Waals surface area contributed by atoms with E-state index in [4.69, 9.17) is 4.74 Å². The first-order valence-corrected chi connectivity index (χ1v) is 12.2. The lowest BCUT2D eigenvalue weighted by Gasteiger charge is -2.23. The lowest BCUT2D eigenvalue weighted by atomic mass is 9.83. The van der Waals surface area contributed by atoms with Crippen LogP contribution >= 0.6 is 0 Å². The number of aromatic nitrogens is 2. The van der Waals surface area contributed by atoms with Crippen LogP contribution in [0.5, 0.6) is 11.5 Å². The van der Waals surface area contributed by atoms with E-state index >= 15 is 0 Å². The summed E-state index contributed by atoms with van der Waals surface area (Å²) >= 11 is 0. The Kier molecular flexibility index (Phi) is 7.43. The van der Waals surface area contributed by atoms with Gasteiger partial charge in [0.15, 0.2) is 18.2 Å². The fourth-order valence-corrected chi connectivity index (χ4v) is 5.04. The van der Waals surface area contributed by atoms with Crippen LogP contribution in [0.3, 0.4) is 0 Å². The van der Waals surface area contributed by atoms with E-state index in [1.54, 1.807) is 12.1 Å². The molecule has 1 aliphatic rings. The molecule has 3 aromatic rings. The number of carbonyl (C=O) groups is 1. The van der Waals surface area contributed by atoms with Crippen molar-refractivity contribution in [2.24, 2.45) is 5.41 Å². The van der Waals surface area contributed by atoms with E-state index in [1.807, 2.05) is 35.3 Å². The highest BCUT2D eigenvalue weighted by atomic mass is 16.5. The summed E-state index contributed by atoms with van der Waals surface area (Å²) in [6, 6.07) is 7.20. The number of nitrogens with one attached hydrogen (secondary N) is 1. The molecule has 4 rings (SSSR count).